The molecule has 17 heavy (non-hydrogen) atoms. The summed E-state index contributed by atoms with van der Waals surface area (Å²) in [6.45, 7) is 3.42. The second-order valence-corrected chi connectivity index (χ2v) is 3.91. The summed E-state index contributed by atoms with van der Waals surface area (Å²) in [5.74, 6) is -0.712. The molecule has 1 aromatic heterocycles. The number of aromatic amines is 2. The number of aliphatic hydroxyl groups is 1. The number of H-pyrrole nitrogens is 2. The van der Waals surface area contributed by atoms with Crippen molar-refractivity contribution in [2.24, 2.45) is 5.92 Å². The van der Waals surface area contributed by atoms with Crippen molar-refractivity contribution in [1.82, 2.24) is 15.3 Å². The molecule has 1 rings (SSSR count). The molecule has 2 atom stereocenters. The van der Waals surface area contributed by atoms with E-state index in [0.29, 0.717) is 0 Å². The maximum absolute atomic E-state index is 11.7. The van der Waals surface area contributed by atoms with Crippen LogP contribution in [-0.2, 0) is 0 Å². The van der Waals surface area contributed by atoms with Gasteiger partial charge >= 0.3 is 5.69 Å². The lowest BCUT2D eigenvalue weighted by Crippen LogP contribution is -2.41. The van der Waals surface area contributed by atoms with Crippen LogP contribution in [0.2, 0.25) is 0 Å². The fraction of sp³-hybridized carbons (Fsp3) is 0.500. The van der Waals surface area contributed by atoms with Crippen molar-refractivity contribution < 1.29 is 9.90 Å². The molecule has 0 bridgehead atoms. The Morgan fingerprint density at radius 3 is 2.65 bits per heavy atom. The van der Waals surface area contributed by atoms with Gasteiger partial charge in [0.15, 0.2) is 0 Å². The van der Waals surface area contributed by atoms with Crippen LogP contribution in [0.1, 0.15) is 24.2 Å². The molecule has 7 nitrogen and oxygen atoms in total. The minimum Gasteiger partial charge on any atom is -0.396 e. The Morgan fingerprint density at radius 2 is 2.12 bits per heavy atom. The fourth-order valence-corrected chi connectivity index (χ4v) is 1.16. The third-order valence-electron chi connectivity index (χ3n) is 2.56. The van der Waals surface area contributed by atoms with Crippen molar-refractivity contribution in [2.75, 3.05) is 6.61 Å². The quantitative estimate of drug-likeness (QED) is 0.530. The van der Waals surface area contributed by atoms with E-state index >= 15 is 0 Å². The Labute approximate surface area is 96.9 Å². The molecule has 0 saturated heterocycles. The van der Waals surface area contributed by atoms with Gasteiger partial charge < -0.3 is 15.4 Å². The number of hydrogen-bond acceptors (Lipinski definition) is 4. The van der Waals surface area contributed by atoms with Crippen LogP contribution in [-0.4, -0.2) is 33.6 Å². The highest BCUT2D eigenvalue weighted by molar-refractivity contribution is 5.93. The van der Waals surface area contributed by atoms with Crippen LogP contribution in [0, 0.1) is 5.92 Å². The van der Waals surface area contributed by atoms with E-state index in [1.165, 1.54) is 0 Å². The van der Waals surface area contributed by atoms with Crippen LogP contribution in [0.3, 0.4) is 0 Å². The van der Waals surface area contributed by atoms with E-state index < -0.39 is 17.2 Å². The first-order valence-corrected chi connectivity index (χ1v) is 5.19. The van der Waals surface area contributed by atoms with Crippen molar-refractivity contribution in [2.45, 2.75) is 19.9 Å². The second-order valence-electron chi connectivity index (χ2n) is 3.91. The zero-order valence-corrected chi connectivity index (χ0v) is 9.61. The van der Waals surface area contributed by atoms with E-state index in [0.717, 1.165) is 6.20 Å². The largest absolute Gasteiger partial charge is 0.396 e. The third-order valence-corrected chi connectivity index (χ3v) is 2.56. The van der Waals surface area contributed by atoms with E-state index in [4.69, 9.17) is 5.11 Å². The van der Waals surface area contributed by atoms with Gasteiger partial charge in [-0.25, -0.2) is 4.79 Å². The van der Waals surface area contributed by atoms with E-state index in [9.17, 15) is 14.4 Å². The summed E-state index contributed by atoms with van der Waals surface area (Å²) < 4.78 is 0. The van der Waals surface area contributed by atoms with Gasteiger partial charge in [-0.3, -0.25) is 14.6 Å². The van der Waals surface area contributed by atoms with Gasteiger partial charge in [0.05, 0.1) is 0 Å². The molecule has 0 aliphatic heterocycles. The lowest BCUT2D eigenvalue weighted by atomic mass is 10.1. The number of rotatable bonds is 4. The highest BCUT2D eigenvalue weighted by atomic mass is 16.3. The van der Waals surface area contributed by atoms with Gasteiger partial charge in [0.1, 0.15) is 5.56 Å². The monoisotopic (exact) mass is 241 g/mol. The Hall–Kier alpha value is -1.89. The lowest BCUT2D eigenvalue weighted by molar-refractivity contribution is 0.0914. The predicted octanol–water partition coefficient (Wildman–Crippen LogP) is -1.19. The van der Waals surface area contributed by atoms with Crippen LogP contribution >= 0.6 is 0 Å². The number of carbonyl (C=O) groups is 1. The van der Waals surface area contributed by atoms with Gasteiger partial charge in [-0.15, -0.1) is 0 Å². The summed E-state index contributed by atoms with van der Waals surface area (Å²) >= 11 is 0. The normalized spacial score (nSPS) is 14.1. The van der Waals surface area contributed by atoms with E-state index in [2.05, 4.69) is 10.3 Å². The molecule has 0 spiro atoms. The van der Waals surface area contributed by atoms with Gasteiger partial charge in [-0.2, -0.15) is 0 Å². The van der Waals surface area contributed by atoms with Crippen LogP contribution in [0.4, 0.5) is 0 Å². The summed E-state index contributed by atoms with van der Waals surface area (Å²) in [4.78, 5) is 37.9. The summed E-state index contributed by atoms with van der Waals surface area (Å²) in [5, 5.41) is 11.5. The van der Waals surface area contributed by atoms with Crippen LogP contribution < -0.4 is 16.6 Å². The van der Waals surface area contributed by atoms with Crippen LogP contribution in [0.25, 0.3) is 0 Å². The first kappa shape index (κ1) is 13.2. The maximum Gasteiger partial charge on any atom is 0.325 e. The Kier molecular flexibility index (Phi) is 4.22. The molecule has 7 heteroatoms. The Morgan fingerprint density at radius 1 is 1.47 bits per heavy atom. The smallest absolute Gasteiger partial charge is 0.325 e. The summed E-state index contributed by atoms with van der Waals surface area (Å²) in [5.41, 5.74) is -1.57. The number of aromatic nitrogens is 2. The van der Waals surface area contributed by atoms with Gasteiger partial charge in [-0.05, 0) is 12.8 Å². The van der Waals surface area contributed by atoms with Crippen molar-refractivity contribution in [3.8, 4) is 0 Å². The molecule has 94 valence electrons. The minimum absolute atomic E-state index is 0.0660. The Bertz CT molecular complexity index is 505. The predicted molar refractivity (Wildman–Crippen MR) is 60.9 cm³/mol. The zero-order valence-electron chi connectivity index (χ0n) is 9.61. The van der Waals surface area contributed by atoms with Crippen LogP contribution in [0.5, 0.6) is 0 Å². The van der Waals surface area contributed by atoms with Gasteiger partial charge in [0, 0.05) is 18.8 Å². The van der Waals surface area contributed by atoms with Crippen LogP contribution in [0.15, 0.2) is 15.8 Å². The Balaban J connectivity index is 2.84. The fourth-order valence-electron chi connectivity index (χ4n) is 1.16. The molecular weight excluding hydrogens is 226 g/mol. The molecule has 0 radical (unpaired) electrons. The maximum atomic E-state index is 11.7. The first-order chi connectivity index (χ1) is 7.95. The number of hydrogen-bond donors (Lipinski definition) is 4. The van der Waals surface area contributed by atoms with E-state index in [1.54, 1.807) is 13.8 Å². The number of aliphatic hydroxyl groups excluding tert-OH is 1. The van der Waals surface area contributed by atoms with Crippen molar-refractivity contribution >= 4 is 5.91 Å². The highest BCUT2D eigenvalue weighted by Gasteiger charge is 2.17. The average molecular weight is 241 g/mol. The molecule has 1 amide bonds. The molecule has 0 fully saturated rings. The number of amides is 1. The first-order valence-electron chi connectivity index (χ1n) is 5.19. The standard InChI is InChI=1S/C10H15N3O4/c1-5(4-14)6(2)12-8(15)7-3-11-10(17)13-9(7)16/h3,5-6,14H,4H2,1-2H3,(H,12,15)(H2,11,13,16,17). The summed E-state index contributed by atoms with van der Waals surface area (Å²) in [6, 6.07) is -0.279. The molecule has 1 aromatic rings. The molecule has 4 N–H and O–H groups in total. The van der Waals surface area contributed by atoms with Crippen molar-refractivity contribution in [3.63, 3.8) is 0 Å². The van der Waals surface area contributed by atoms with Gasteiger partial charge in [-0.1, -0.05) is 6.92 Å². The molecular formula is C10H15N3O4. The molecule has 0 aliphatic carbocycles. The SMILES string of the molecule is CC(CO)C(C)NC(=O)c1c[nH]c(=O)[nH]c1=O. The molecule has 0 saturated carbocycles. The average Bonchev–Trinajstić information content (AvgIpc) is 2.27. The second kappa shape index (κ2) is 5.44. The molecule has 2 unspecified atom stereocenters. The zero-order chi connectivity index (χ0) is 13.0. The number of nitrogens with one attached hydrogen (secondary N) is 3. The van der Waals surface area contributed by atoms with E-state index in [1.807, 2.05) is 4.98 Å². The van der Waals surface area contributed by atoms with E-state index in [-0.39, 0.29) is 24.1 Å². The number of carbonyl (C=O) groups excluding carboxylic acids is 1. The minimum atomic E-state index is -0.741. The molecule has 1 heterocycles. The third kappa shape index (κ3) is 3.28. The summed E-state index contributed by atoms with van der Waals surface area (Å²) in [6.07, 6.45) is 1.06. The molecule has 0 aliphatic rings. The van der Waals surface area contributed by atoms with Gasteiger partial charge in [0.2, 0.25) is 0 Å². The van der Waals surface area contributed by atoms with Crippen molar-refractivity contribution in [1.29, 1.82) is 0 Å². The lowest BCUT2D eigenvalue weighted by Gasteiger charge is -2.18. The van der Waals surface area contributed by atoms with Gasteiger partial charge in [0.25, 0.3) is 11.5 Å². The van der Waals surface area contributed by atoms with Crippen molar-refractivity contribution in [3.05, 3.63) is 32.6 Å². The summed E-state index contributed by atoms with van der Waals surface area (Å²) in [7, 11) is 0. The topological polar surface area (TPSA) is 115 Å². The highest BCUT2D eigenvalue weighted by Crippen LogP contribution is 2.01. The molecule has 0 aromatic carbocycles.